The van der Waals surface area contributed by atoms with E-state index in [1.54, 1.807) is 18.2 Å². The SMILES string of the molecule is CC1(C)OB(c2cccc3c2C(F)(F)CN=C3)OC1(C)C. The smallest absolute Gasteiger partial charge is 0.399 e. The van der Waals surface area contributed by atoms with Crippen LogP contribution in [0.1, 0.15) is 38.8 Å². The first-order chi connectivity index (χ1) is 9.64. The van der Waals surface area contributed by atoms with Gasteiger partial charge in [0, 0.05) is 17.3 Å². The summed E-state index contributed by atoms with van der Waals surface area (Å²) < 4.78 is 40.4. The van der Waals surface area contributed by atoms with E-state index < -0.39 is 30.8 Å². The second kappa shape index (κ2) is 4.37. The lowest BCUT2D eigenvalue weighted by Crippen LogP contribution is -2.42. The van der Waals surface area contributed by atoms with Gasteiger partial charge in [0.2, 0.25) is 0 Å². The van der Waals surface area contributed by atoms with Crippen molar-refractivity contribution in [1.29, 1.82) is 0 Å². The normalized spacial score (nSPS) is 25.0. The van der Waals surface area contributed by atoms with Crippen molar-refractivity contribution in [3.8, 4) is 0 Å². The number of hydrogen-bond donors (Lipinski definition) is 0. The molecule has 1 aromatic rings. The number of alkyl halides is 2. The molecule has 0 aliphatic carbocycles. The number of aliphatic imine (C=N–C) groups is 1. The second-order valence-electron chi connectivity index (χ2n) is 6.57. The Morgan fingerprint density at radius 1 is 1.10 bits per heavy atom. The molecule has 0 amide bonds. The quantitative estimate of drug-likeness (QED) is 0.745. The third-order valence-corrected chi connectivity index (χ3v) is 4.52. The van der Waals surface area contributed by atoms with Gasteiger partial charge >= 0.3 is 7.12 Å². The van der Waals surface area contributed by atoms with E-state index in [4.69, 9.17) is 9.31 Å². The van der Waals surface area contributed by atoms with E-state index in [9.17, 15) is 8.78 Å². The highest BCUT2D eigenvalue weighted by Crippen LogP contribution is 2.39. The summed E-state index contributed by atoms with van der Waals surface area (Å²) in [7, 11) is -0.790. The van der Waals surface area contributed by atoms with Crippen molar-refractivity contribution in [3.05, 3.63) is 29.3 Å². The minimum Gasteiger partial charge on any atom is -0.399 e. The van der Waals surface area contributed by atoms with Crippen molar-refractivity contribution >= 4 is 18.8 Å². The third kappa shape index (κ3) is 2.21. The predicted molar refractivity (Wildman–Crippen MR) is 78.5 cm³/mol. The molecule has 0 N–H and O–H groups in total. The van der Waals surface area contributed by atoms with Crippen LogP contribution < -0.4 is 5.46 Å². The largest absolute Gasteiger partial charge is 0.495 e. The van der Waals surface area contributed by atoms with E-state index in [0.29, 0.717) is 11.0 Å². The molecule has 1 fully saturated rings. The van der Waals surface area contributed by atoms with Gasteiger partial charge in [0.15, 0.2) is 0 Å². The number of rotatable bonds is 1. The average Bonchev–Trinajstić information content (AvgIpc) is 2.57. The molecule has 6 heteroatoms. The minimum absolute atomic E-state index is 0.0292. The Labute approximate surface area is 123 Å². The lowest BCUT2D eigenvalue weighted by atomic mass is 9.72. The molecule has 2 heterocycles. The maximum atomic E-state index is 14.3. The molecule has 0 radical (unpaired) electrons. The number of fused-ring (bicyclic) bond motifs is 1. The molecule has 0 atom stereocenters. The molecular formula is C15H18BF2NO2. The van der Waals surface area contributed by atoms with E-state index >= 15 is 0 Å². The zero-order chi connectivity index (χ0) is 15.5. The monoisotopic (exact) mass is 293 g/mol. The van der Waals surface area contributed by atoms with E-state index in [2.05, 4.69) is 4.99 Å². The Hall–Kier alpha value is -1.27. The fourth-order valence-corrected chi connectivity index (χ4v) is 2.62. The molecule has 2 aliphatic rings. The predicted octanol–water partition coefficient (Wildman–Crippen LogP) is 2.51. The van der Waals surface area contributed by atoms with Crippen LogP contribution in [0, 0.1) is 0 Å². The molecule has 0 saturated carbocycles. The summed E-state index contributed by atoms with van der Waals surface area (Å²) in [5.74, 6) is -3.00. The van der Waals surface area contributed by atoms with Crippen LogP contribution >= 0.6 is 0 Å². The van der Waals surface area contributed by atoms with Crippen molar-refractivity contribution in [2.24, 2.45) is 4.99 Å². The summed E-state index contributed by atoms with van der Waals surface area (Å²) in [6.45, 7) is 7.09. The number of halogens is 2. The zero-order valence-corrected chi connectivity index (χ0v) is 12.6. The van der Waals surface area contributed by atoms with Crippen molar-refractivity contribution in [2.45, 2.75) is 44.8 Å². The van der Waals surface area contributed by atoms with Gasteiger partial charge in [-0.1, -0.05) is 18.2 Å². The molecule has 21 heavy (non-hydrogen) atoms. The second-order valence-corrected chi connectivity index (χ2v) is 6.57. The lowest BCUT2D eigenvalue weighted by molar-refractivity contribution is 0.00578. The number of hydrogen-bond acceptors (Lipinski definition) is 3. The molecule has 0 aromatic heterocycles. The summed E-state index contributed by atoms with van der Waals surface area (Å²) in [5.41, 5.74) is -0.323. The van der Waals surface area contributed by atoms with Gasteiger partial charge in [-0.15, -0.1) is 0 Å². The summed E-state index contributed by atoms with van der Waals surface area (Å²) in [4.78, 5) is 3.74. The average molecular weight is 293 g/mol. The maximum absolute atomic E-state index is 14.3. The summed E-state index contributed by atoms with van der Waals surface area (Å²) >= 11 is 0. The van der Waals surface area contributed by atoms with Crippen molar-refractivity contribution in [2.75, 3.05) is 6.54 Å². The van der Waals surface area contributed by atoms with Crippen LogP contribution in [0.4, 0.5) is 8.78 Å². The standard InChI is InChI=1S/C15H18BF2NO2/c1-13(2)14(3,4)21-16(20-13)11-7-5-6-10-8-19-9-15(17,18)12(10)11/h5-8H,9H2,1-4H3. The van der Waals surface area contributed by atoms with Gasteiger partial charge in [-0.2, -0.15) is 8.78 Å². The highest BCUT2D eigenvalue weighted by molar-refractivity contribution is 6.62. The van der Waals surface area contributed by atoms with Gasteiger partial charge in [-0.05, 0) is 33.2 Å². The van der Waals surface area contributed by atoms with Crippen molar-refractivity contribution in [1.82, 2.24) is 0 Å². The minimum atomic E-state index is -3.00. The van der Waals surface area contributed by atoms with Crippen LogP contribution in [-0.4, -0.2) is 31.1 Å². The topological polar surface area (TPSA) is 30.8 Å². The Balaban J connectivity index is 2.08. The van der Waals surface area contributed by atoms with Crippen LogP contribution in [0.15, 0.2) is 23.2 Å². The van der Waals surface area contributed by atoms with Gasteiger partial charge < -0.3 is 9.31 Å². The third-order valence-electron chi connectivity index (χ3n) is 4.52. The summed E-state index contributed by atoms with van der Waals surface area (Å²) in [5, 5.41) is 0. The maximum Gasteiger partial charge on any atom is 0.495 e. The van der Waals surface area contributed by atoms with Gasteiger partial charge in [0.05, 0.1) is 11.2 Å². The molecule has 1 aromatic carbocycles. The van der Waals surface area contributed by atoms with Gasteiger partial charge in [0.1, 0.15) is 6.54 Å². The Morgan fingerprint density at radius 3 is 2.33 bits per heavy atom. The Morgan fingerprint density at radius 2 is 1.71 bits per heavy atom. The van der Waals surface area contributed by atoms with Gasteiger partial charge in [-0.25, -0.2) is 0 Å². The molecule has 0 unspecified atom stereocenters. The number of nitrogens with zero attached hydrogens (tertiary/aromatic N) is 1. The first-order valence-electron chi connectivity index (χ1n) is 7.01. The van der Waals surface area contributed by atoms with Crippen LogP contribution in [0.25, 0.3) is 0 Å². The molecule has 3 nitrogen and oxygen atoms in total. The fourth-order valence-electron chi connectivity index (χ4n) is 2.62. The first kappa shape index (κ1) is 14.7. The van der Waals surface area contributed by atoms with E-state index in [0.717, 1.165) is 0 Å². The van der Waals surface area contributed by atoms with Crippen LogP contribution in [0.2, 0.25) is 0 Å². The van der Waals surface area contributed by atoms with Crippen molar-refractivity contribution < 1.29 is 18.1 Å². The molecule has 112 valence electrons. The molecular weight excluding hydrogens is 275 g/mol. The molecule has 0 bridgehead atoms. The van der Waals surface area contributed by atoms with Crippen LogP contribution in [0.3, 0.4) is 0 Å². The van der Waals surface area contributed by atoms with E-state index in [-0.39, 0.29) is 5.56 Å². The van der Waals surface area contributed by atoms with Gasteiger partial charge in [0.25, 0.3) is 5.92 Å². The van der Waals surface area contributed by atoms with Crippen LogP contribution in [0.5, 0.6) is 0 Å². The summed E-state index contributed by atoms with van der Waals surface area (Å²) in [6, 6.07) is 5.02. The molecule has 3 rings (SSSR count). The molecule has 0 spiro atoms. The van der Waals surface area contributed by atoms with Crippen molar-refractivity contribution in [3.63, 3.8) is 0 Å². The van der Waals surface area contributed by atoms with E-state index in [1.165, 1.54) is 6.21 Å². The van der Waals surface area contributed by atoms with Crippen LogP contribution in [-0.2, 0) is 15.2 Å². The first-order valence-corrected chi connectivity index (χ1v) is 7.01. The van der Waals surface area contributed by atoms with E-state index in [1.807, 2.05) is 27.7 Å². The highest BCUT2D eigenvalue weighted by Gasteiger charge is 2.54. The summed E-state index contributed by atoms with van der Waals surface area (Å²) in [6.07, 6.45) is 1.49. The Bertz CT molecular complexity index is 598. The fraction of sp³-hybridized carbons (Fsp3) is 0.533. The lowest BCUT2D eigenvalue weighted by Gasteiger charge is -2.32. The number of benzene rings is 1. The zero-order valence-electron chi connectivity index (χ0n) is 12.6. The molecule has 2 aliphatic heterocycles. The Kier molecular flexibility index (Phi) is 3.05. The highest BCUT2D eigenvalue weighted by atomic mass is 19.3. The van der Waals surface area contributed by atoms with Gasteiger partial charge in [-0.3, -0.25) is 4.99 Å². The molecule has 1 saturated heterocycles.